The zero-order valence-corrected chi connectivity index (χ0v) is 21.4. The van der Waals surface area contributed by atoms with Crippen LogP contribution in [0.5, 0.6) is 0 Å². The maximum Gasteiger partial charge on any atom is 0.330 e. The van der Waals surface area contributed by atoms with E-state index in [4.69, 9.17) is 16.6 Å². The number of aromatic amines is 1. The van der Waals surface area contributed by atoms with Gasteiger partial charge in [0.25, 0.3) is 0 Å². The minimum absolute atomic E-state index is 0.0151. The Hall–Kier alpha value is -3.26. The Labute approximate surface area is 215 Å². The number of nitrogens with zero attached hydrogens (tertiary/aromatic N) is 6. The lowest BCUT2D eigenvalue weighted by molar-refractivity contribution is 0.344. The lowest BCUT2D eigenvalue weighted by Gasteiger charge is -2.22. The first-order valence-electron chi connectivity index (χ1n) is 13.0. The van der Waals surface area contributed by atoms with Gasteiger partial charge in [-0.3, -0.25) is 14.1 Å². The summed E-state index contributed by atoms with van der Waals surface area (Å²) in [5, 5.41) is 14.9. The van der Waals surface area contributed by atoms with Crippen LogP contribution in [0.15, 0.2) is 47.3 Å². The van der Waals surface area contributed by atoms with Crippen LogP contribution < -0.4 is 5.69 Å². The van der Waals surface area contributed by atoms with Crippen LogP contribution in [0.25, 0.3) is 22.6 Å². The number of halogens is 1. The maximum atomic E-state index is 13.7. The normalized spacial score (nSPS) is 14.4. The molecule has 0 saturated heterocycles. The van der Waals surface area contributed by atoms with Crippen molar-refractivity contribution < 1.29 is 0 Å². The Balaban J connectivity index is 1.51. The van der Waals surface area contributed by atoms with Crippen LogP contribution in [0.1, 0.15) is 75.7 Å². The Bertz CT molecular complexity index is 1350. The lowest BCUT2D eigenvalue weighted by atomic mass is 9.95. The smallest absolute Gasteiger partial charge is 0.289 e. The molecule has 1 fully saturated rings. The van der Waals surface area contributed by atoms with E-state index in [0.717, 1.165) is 79.6 Å². The largest absolute Gasteiger partial charge is 0.330 e. The lowest BCUT2D eigenvalue weighted by Crippen LogP contribution is -2.29. The van der Waals surface area contributed by atoms with Crippen LogP contribution in [-0.4, -0.2) is 34.7 Å². The van der Waals surface area contributed by atoms with E-state index in [1.165, 1.54) is 6.42 Å². The van der Waals surface area contributed by atoms with Crippen molar-refractivity contribution in [3.05, 3.63) is 69.5 Å². The van der Waals surface area contributed by atoms with E-state index < -0.39 is 0 Å². The molecule has 3 aromatic heterocycles. The number of hydrogen-bond acceptors (Lipinski definition) is 5. The zero-order valence-electron chi connectivity index (χ0n) is 20.7. The second-order valence-electron chi connectivity index (χ2n) is 9.53. The highest BCUT2D eigenvalue weighted by atomic mass is 35.5. The number of imidazole rings is 1. The molecular formula is C27H32ClN7O. The summed E-state index contributed by atoms with van der Waals surface area (Å²) < 4.78 is 3.71. The number of pyridine rings is 1. The molecule has 3 heterocycles. The number of H-pyrrole nitrogens is 1. The van der Waals surface area contributed by atoms with Gasteiger partial charge in [0.1, 0.15) is 5.15 Å². The van der Waals surface area contributed by atoms with E-state index in [9.17, 15) is 4.79 Å². The summed E-state index contributed by atoms with van der Waals surface area (Å²) in [5.41, 5.74) is 4.33. The summed E-state index contributed by atoms with van der Waals surface area (Å²) in [5.74, 6) is 0.587. The third-order valence-corrected chi connectivity index (χ3v) is 7.50. The molecule has 1 aliphatic rings. The molecule has 1 N–H and O–H groups in total. The predicted molar refractivity (Wildman–Crippen MR) is 141 cm³/mol. The van der Waals surface area contributed by atoms with E-state index >= 15 is 0 Å². The Morgan fingerprint density at radius 2 is 1.83 bits per heavy atom. The van der Waals surface area contributed by atoms with Gasteiger partial charge in [-0.1, -0.05) is 81.0 Å². The second kappa shape index (κ2) is 11.2. The minimum atomic E-state index is -0.0151. The van der Waals surface area contributed by atoms with Crippen LogP contribution >= 0.6 is 11.6 Å². The van der Waals surface area contributed by atoms with E-state index in [-0.39, 0.29) is 11.7 Å². The number of nitrogens with one attached hydrogen (secondary N) is 1. The molecule has 0 amide bonds. The second-order valence-corrected chi connectivity index (χ2v) is 9.89. The molecular weight excluding hydrogens is 474 g/mol. The molecule has 8 nitrogen and oxygen atoms in total. The first kappa shape index (κ1) is 24.4. The number of rotatable bonds is 9. The van der Waals surface area contributed by atoms with Crippen molar-refractivity contribution in [3.8, 4) is 22.6 Å². The van der Waals surface area contributed by atoms with Gasteiger partial charge < -0.3 is 0 Å². The maximum absolute atomic E-state index is 13.7. The van der Waals surface area contributed by atoms with Gasteiger partial charge in [0.2, 0.25) is 0 Å². The van der Waals surface area contributed by atoms with Crippen molar-refractivity contribution in [1.29, 1.82) is 0 Å². The SMILES string of the molecule is CCCCCc1c(Cl)n(C2CCCCC2)c(=O)n1Cc1cccc(-c2ccccc2-c2nnn[nH]2)n1. The Morgan fingerprint density at radius 1 is 1.03 bits per heavy atom. The first-order valence-corrected chi connectivity index (χ1v) is 13.3. The van der Waals surface area contributed by atoms with Crippen molar-refractivity contribution >= 4 is 11.6 Å². The summed E-state index contributed by atoms with van der Waals surface area (Å²) >= 11 is 6.92. The van der Waals surface area contributed by atoms with Crippen LogP contribution in [0.2, 0.25) is 5.15 Å². The average molecular weight is 506 g/mol. The number of benzene rings is 1. The molecule has 0 radical (unpaired) electrons. The molecule has 1 aliphatic carbocycles. The zero-order chi connectivity index (χ0) is 24.9. The fourth-order valence-corrected chi connectivity index (χ4v) is 5.65. The van der Waals surface area contributed by atoms with Gasteiger partial charge in [-0.15, -0.1) is 5.10 Å². The summed E-state index contributed by atoms with van der Waals surface area (Å²) in [6.07, 6.45) is 9.59. The highest BCUT2D eigenvalue weighted by molar-refractivity contribution is 6.30. The third-order valence-electron chi connectivity index (χ3n) is 7.10. The van der Waals surface area contributed by atoms with Crippen molar-refractivity contribution in [2.75, 3.05) is 0 Å². The van der Waals surface area contributed by atoms with Crippen molar-refractivity contribution in [2.45, 2.75) is 77.3 Å². The van der Waals surface area contributed by atoms with E-state index in [1.807, 2.05) is 51.6 Å². The molecule has 0 unspecified atom stereocenters. The monoisotopic (exact) mass is 505 g/mol. The molecule has 1 saturated carbocycles. The number of hydrogen-bond donors (Lipinski definition) is 1. The predicted octanol–water partition coefficient (Wildman–Crippen LogP) is 5.83. The van der Waals surface area contributed by atoms with Crippen molar-refractivity contribution in [1.82, 2.24) is 34.7 Å². The molecule has 5 rings (SSSR count). The molecule has 0 atom stereocenters. The van der Waals surface area contributed by atoms with E-state index in [2.05, 4.69) is 27.5 Å². The molecule has 0 bridgehead atoms. The van der Waals surface area contributed by atoms with Gasteiger partial charge in [-0.25, -0.2) is 9.89 Å². The van der Waals surface area contributed by atoms with Crippen LogP contribution in [0.4, 0.5) is 0 Å². The third kappa shape index (κ3) is 5.00. The molecule has 0 aliphatic heterocycles. The highest BCUT2D eigenvalue weighted by Gasteiger charge is 2.25. The number of unbranched alkanes of at least 4 members (excludes halogenated alkanes) is 2. The molecule has 188 valence electrons. The fraction of sp³-hybridized carbons (Fsp3) is 0.444. The van der Waals surface area contributed by atoms with Crippen LogP contribution in [0, 0.1) is 0 Å². The van der Waals surface area contributed by atoms with Crippen molar-refractivity contribution in [2.24, 2.45) is 0 Å². The standard InChI is InChI=1S/C27H32ClN7O/c1-2-3-5-17-24-25(28)35(20-12-6-4-7-13-20)27(36)34(24)18-19-11-10-16-23(29-19)21-14-8-9-15-22(21)26-30-32-33-31-26/h8-11,14-16,20H,2-7,12-13,17-18H2,1H3,(H,30,31,32,33). The van der Waals surface area contributed by atoms with E-state index in [1.54, 1.807) is 0 Å². The van der Waals surface area contributed by atoms with Crippen molar-refractivity contribution in [3.63, 3.8) is 0 Å². The van der Waals surface area contributed by atoms with Gasteiger partial charge in [-0.05, 0) is 48.2 Å². The summed E-state index contributed by atoms with van der Waals surface area (Å²) in [6, 6.07) is 14.0. The number of aromatic nitrogens is 7. The van der Waals surface area contributed by atoms with Crippen LogP contribution in [0.3, 0.4) is 0 Å². The van der Waals surface area contributed by atoms with Gasteiger partial charge in [0.15, 0.2) is 5.82 Å². The Kier molecular flexibility index (Phi) is 7.60. The molecule has 0 spiro atoms. The molecule has 1 aromatic carbocycles. The summed E-state index contributed by atoms with van der Waals surface area (Å²) in [7, 11) is 0. The van der Waals surface area contributed by atoms with Gasteiger partial charge in [-0.2, -0.15) is 0 Å². The van der Waals surface area contributed by atoms with Gasteiger partial charge >= 0.3 is 5.69 Å². The topological polar surface area (TPSA) is 94.3 Å². The first-order chi connectivity index (χ1) is 17.7. The van der Waals surface area contributed by atoms with Crippen LogP contribution in [-0.2, 0) is 13.0 Å². The van der Waals surface area contributed by atoms with Gasteiger partial charge in [0, 0.05) is 17.2 Å². The van der Waals surface area contributed by atoms with Gasteiger partial charge in [0.05, 0.1) is 23.6 Å². The highest BCUT2D eigenvalue weighted by Crippen LogP contribution is 2.32. The fourth-order valence-electron chi connectivity index (χ4n) is 5.25. The minimum Gasteiger partial charge on any atom is -0.289 e. The molecule has 4 aromatic rings. The Morgan fingerprint density at radius 3 is 2.58 bits per heavy atom. The quantitative estimate of drug-likeness (QED) is 0.289. The van der Waals surface area contributed by atoms with E-state index in [0.29, 0.717) is 17.5 Å². The summed E-state index contributed by atoms with van der Waals surface area (Å²) in [6.45, 7) is 2.57. The summed E-state index contributed by atoms with van der Waals surface area (Å²) in [4.78, 5) is 18.6. The molecule has 36 heavy (non-hydrogen) atoms. The average Bonchev–Trinajstić information content (AvgIpc) is 3.53. The number of tetrazole rings is 1. The molecule has 9 heteroatoms.